The van der Waals surface area contributed by atoms with Crippen molar-refractivity contribution in [2.75, 3.05) is 18.4 Å². The van der Waals surface area contributed by atoms with Gasteiger partial charge in [-0.25, -0.2) is 0 Å². The first-order valence-corrected chi connectivity index (χ1v) is 9.41. The molecule has 142 valence electrons. The van der Waals surface area contributed by atoms with E-state index in [0.29, 0.717) is 43.1 Å². The van der Waals surface area contributed by atoms with Crippen molar-refractivity contribution in [3.63, 3.8) is 0 Å². The number of amides is 3. The van der Waals surface area contributed by atoms with E-state index in [1.807, 2.05) is 20.8 Å². The molecule has 26 heavy (non-hydrogen) atoms. The maximum atomic E-state index is 12.8. The van der Waals surface area contributed by atoms with Crippen molar-refractivity contribution in [2.45, 2.75) is 52.5 Å². The van der Waals surface area contributed by atoms with E-state index in [0.717, 1.165) is 12.8 Å². The second-order valence-corrected chi connectivity index (χ2v) is 7.17. The molecule has 6 nitrogen and oxygen atoms in total. The molecule has 1 aliphatic rings. The van der Waals surface area contributed by atoms with Crippen LogP contribution in [0.1, 0.15) is 56.8 Å². The number of anilines is 1. The van der Waals surface area contributed by atoms with Gasteiger partial charge in [0.15, 0.2) is 0 Å². The lowest BCUT2D eigenvalue weighted by Gasteiger charge is -2.24. The Kier molecular flexibility index (Phi) is 7.18. The van der Waals surface area contributed by atoms with Gasteiger partial charge in [-0.1, -0.05) is 20.8 Å². The summed E-state index contributed by atoms with van der Waals surface area (Å²) in [6.45, 7) is 7.20. The number of hydrogen-bond donors (Lipinski definition) is 2. The third kappa shape index (κ3) is 5.31. The molecule has 1 fully saturated rings. The predicted molar refractivity (Wildman–Crippen MR) is 102 cm³/mol. The molecule has 6 heteroatoms. The first-order chi connectivity index (χ1) is 12.4. The number of nitrogens with one attached hydrogen (secondary N) is 2. The molecular formula is C20H29N3O3. The Bertz CT molecular complexity index is 640. The highest BCUT2D eigenvalue weighted by molar-refractivity contribution is 5.98. The summed E-state index contributed by atoms with van der Waals surface area (Å²) in [7, 11) is 0. The maximum Gasteiger partial charge on any atom is 0.254 e. The molecule has 1 heterocycles. The van der Waals surface area contributed by atoms with Gasteiger partial charge in [-0.05, 0) is 49.4 Å². The van der Waals surface area contributed by atoms with E-state index in [1.165, 1.54) is 0 Å². The zero-order valence-electron chi connectivity index (χ0n) is 15.9. The minimum absolute atomic E-state index is 0.0359. The van der Waals surface area contributed by atoms with Crippen LogP contribution in [0.4, 0.5) is 5.69 Å². The monoisotopic (exact) mass is 359 g/mol. The Hall–Kier alpha value is -2.37. The third-order valence-corrected chi connectivity index (χ3v) is 4.37. The molecule has 0 unspecified atom stereocenters. The lowest BCUT2D eigenvalue weighted by molar-refractivity contribution is -0.124. The summed E-state index contributed by atoms with van der Waals surface area (Å²) in [6.07, 6.45) is 2.86. The average Bonchev–Trinajstić information content (AvgIpc) is 3.08. The van der Waals surface area contributed by atoms with Crippen molar-refractivity contribution < 1.29 is 14.4 Å². The second-order valence-electron chi connectivity index (χ2n) is 7.17. The number of carbonyl (C=O) groups is 3. The largest absolute Gasteiger partial charge is 0.354 e. The molecule has 2 N–H and O–H groups in total. The van der Waals surface area contributed by atoms with E-state index >= 15 is 0 Å². The van der Waals surface area contributed by atoms with Crippen molar-refractivity contribution in [2.24, 2.45) is 5.92 Å². The van der Waals surface area contributed by atoms with Crippen molar-refractivity contribution >= 4 is 23.4 Å². The summed E-state index contributed by atoms with van der Waals surface area (Å²) in [5.74, 6) is 0.0440. The van der Waals surface area contributed by atoms with Crippen LogP contribution in [0.25, 0.3) is 0 Å². The normalized spacial score (nSPS) is 16.6. The Balaban J connectivity index is 2.00. The summed E-state index contributed by atoms with van der Waals surface area (Å²) >= 11 is 0. The number of likely N-dealkylation sites (tertiary alicyclic amines) is 1. The van der Waals surface area contributed by atoms with Crippen LogP contribution in [-0.4, -0.2) is 41.8 Å². The van der Waals surface area contributed by atoms with Gasteiger partial charge < -0.3 is 15.5 Å². The lowest BCUT2D eigenvalue weighted by atomic mass is 10.1. The minimum atomic E-state index is -0.389. The molecule has 0 aliphatic carbocycles. The minimum Gasteiger partial charge on any atom is -0.354 e. The molecule has 0 aromatic heterocycles. The summed E-state index contributed by atoms with van der Waals surface area (Å²) < 4.78 is 0. The standard InChI is InChI=1S/C20H29N3O3/c1-4-11-21-19(25)17-6-5-12-23(17)20(26)15-7-9-16(10-8-15)22-18(24)13-14(2)3/h7-10,14,17H,4-6,11-13H2,1-3H3,(H,21,25)(H,22,24)/t17-/m1/s1. The van der Waals surface area contributed by atoms with Gasteiger partial charge in [0.1, 0.15) is 6.04 Å². The number of carbonyl (C=O) groups excluding carboxylic acids is 3. The van der Waals surface area contributed by atoms with Gasteiger partial charge in [0.2, 0.25) is 11.8 Å². The molecule has 3 amide bonds. The van der Waals surface area contributed by atoms with Crippen LogP contribution in [0.5, 0.6) is 0 Å². The number of hydrogen-bond acceptors (Lipinski definition) is 3. The fraction of sp³-hybridized carbons (Fsp3) is 0.550. The first-order valence-electron chi connectivity index (χ1n) is 9.41. The summed E-state index contributed by atoms with van der Waals surface area (Å²) in [6, 6.07) is 6.47. The second kappa shape index (κ2) is 9.36. The Morgan fingerprint density at radius 2 is 1.88 bits per heavy atom. The number of nitrogens with zero attached hydrogens (tertiary/aromatic N) is 1. The Morgan fingerprint density at radius 3 is 2.50 bits per heavy atom. The summed E-state index contributed by atoms with van der Waals surface area (Å²) in [5, 5.41) is 5.71. The van der Waals surface area contributed by atoms with Crippen molar-refractivity contribution in [1.29, 1.82) is 0 Å². The average molecular weight is 359 g/mol. The highest BCUT2D eigenvalue weighted by atomic mass is 16.2. The maximum absolute atomic E-state index is 12.8. The van der Waals surface area contributed by atoms with E-state index in [9.17, 15) is 14.4 Å². The molecule has 1 aliphatic heterocycles. The smallest absolute Gasteiger partial charge is 0.254 e. The van der Waals surface area contributed by atoms with Gasteiger partial charge in [-0.2, -0.15) is 0 Å². The fourth-order valence-corrected chi connectivity index (χ4v) is 3.09. The van der Waals surface area contributed by atoms with Crippen LogP contribution in [0, 0.1) is 5.92 Å². The topological polar surface area (TPSA) is 78.5 Å². The molecule has 1 saturated heterocycles. The SMILES string of the molecule is CCCNC(=O)[C@H]1CCCN1C(=O)c1ccc(NC(=O)CC(C)C)cc1. The van der Waals surface area contributed by atoms with Gasteiger partial charge in [0, 0.05) is 30.8 Å². The van der Waals surface area contributed by atoms with E-state index in [2.05, 4.69) is 10.6 Å². The van der Waals surface area contributed by atoms with E-state index in [1.54, 1.807) is 29.2 Å². The molecule has 0 saturated carbocycles. The van der Waals surface area contributed by atoms with Crippen LogP contribution >= 0.6 is 0 Å². The quantitative estimate of drug-likeness (QED) is 0.786. The first kappa shape index (κ1) is 19.9. The molecule has 1 aromatic rings. The van der Waals surface area contributed by atoms with Crippen LogP contribution < -0.4 is 10.6 Å². The van der Waals surface area contributed by atoms with Crippen LogP contribution in [0.15, 0.2) is 24.3 Å². The highest BCUT2D eigenvalue weighted by Crippen LogP contribution is 2.21. The molecule has 0 spiro atoms. The van der Waals surface area contributed by atoms with Crippen molar-refractivity contribution in [3.8, 4) is 0 Å². The van der Waals surface area contributed by atoms with Gasteiger partial charge in [-0.15, -0.1) is 0 Å². The van der Waals surface area contributed by atoms with E-state index in [4.69, 9.17) is 0 Å². The lowest BCUT2D eigenvalue weighted by Crippen LogP contribution is -2.46. The van der Waals surface area contributed by atoms with Gasteiger partial charge in [0.05, 0.1) is 0 Å². The predicted octanol–water partition coefficient (Wildman–Crippen LogP) is 2.80. The molecule has 1 atom stereocenters. The van der Waals surface area contributed by atoms with E-state index < -0.39 is 0 Å². The van der Waals surface area contributed by atoms with Crippen molar-refractivity contribution in [1.82, 2.24) is 10.2 Å². The van der Waals surface area contributed by atoms with Gasteiger partial charge >= 0.3 is 0 Å². The Morgan fingerprint density at radius 1 is 1.19 bits per heavy atom. The zero-order valence-corrected chi connectivity index (χ0v) is 15.9. The number of rotatable bonds is 7. The van der Waals surface area contributed by atoms with Crippen LogP contribution in [-0.2, 0) is 9.59 Å². The molecule has 0 bridgehead atoms. The zero-order chi connectivity index (χ0) is 19.1. The van der Waals surface area contributed by atoms with Gasteiger partial charge in [-0.3, -0.25) is 14.4 Å². The highest BCUT2D eigenvalue weighted by Gasteiger charge is 2.34. The van der Waals surface area contributed by atoms with Crippen LogP contribution in [0.3, 0.4) is 0 Å². The summed E-state index contributed by atoms with van der Waals surface area (Å²) in [5.41, 5.74) is 1.20. The molecule has 2 rings (SSSR count). The molecular weight excluding hydrogens is 330 g/mol. The molecule has 0 radical (unpaired) electrons. The fourth-order valence-electron chi connectivity index (χ4n) is 3.09. The summed E-state index contributed by atoms with van der Waals surface area (Å²) in [4.78, 5) is 38.5. The van der Waals surface area contributed by atoms with Crippen molar-refractivity contribution in [3.05, 3.63) is 29.8 Å². The third-order valence-electron chi connectivity index (χ3n) is 4.37. The Labute approximate surface area is 155 Å². The number of benzene rings is 1. The van der Waals surface area contributed by atoms with Gasteiger partial charge in [0.25, 0.3) is 5.91 Å². The van der Waals surface area contributed by atoms with Crippen LogP contribution in [0.2, 0.25) is 0 Å². The van der Waals surface area contributed by atoms with E-state index in [-0.39, 0.29) is 23.8 Å². The molecule has 1 aromatic carbocycles.